The Bertz CT molecular complexity index is 488. The van der Waals surface area contributed by atoms with Crippen LogP contribution in [0.1, 0.15) is 16.7 Å². The Morgan fingerprint density at radius 1 is 0.941 bits per heavy atom. The van der Waals surface area contributed by atoms with E-state index in [1.165, 1.54) is 16.7 Å². The van der Waals surface area contributed by atoms with Crippen molar-refractivity contribution in [3.63, 3.8) is 0 Å². The van der Waals surface area contributed by atoms with Gasteiger partial charge in [0, 0.05) is 0 Å². The third-order valence-corrected chi connectivity index (χ3v) is 3.08. The highest BCUT2D eigenvalue weighted by molar-refractivity contribution is 5.31. The second-order valence-electron chi connectivity index (χ2n) is 4.28. The smallest absolute Gasteiger partial charge is 0.119 e. The summed E-state index contributed by atoms with van der Waals surface area (Å²) < 4.78 is 5.23. The molecule has 0 amide bonds. The number of methoxy groups -OCH3 is 1. The quantitative estimate of drug-likeness (QED) is 0.770. The monoisotopic (exact) mass is 226 g/mol. The highest BCUT2D eigenvalue weighted by Gasteiger charge is 1.99. The number of hydrogen-bond donors (Lipinski definition) is 0. The molecular weight excluding hydrogens is 208 g/mol. The summed E-state index contributed by atoms with van der Waals surface area (Å²) in [5.41, 5.74) is 4.12. The van der Waals surface area contributed by atoms with Gasteiger partial charge in [-0.15, -0.1) is 0 Å². The Morgan fingerprint density at radius 2 is 1.76 bits per heavy atom. The topological polar surface area (TPSA) is 9.23 Å². The lowest BCUT2D eigenvalue weighted by Crippen LogP contribution is -1.94. The molecule has 0 bridgehead atoms. The summed E-state index contributed by atoms with van der Waals surface area (Å²) in [5, 5.41) is 0. The van der Waals surface area contributed by atoms with Gasteiger partial charge in [-0.3, -0.25) is 0 Å². The van der Waals surface area contributed by atoms with Gasteiger partial charge in [0.1, 0.15) is 5.75 Å². The molecule has 0 aliphatic carbocycles. The summed E-state index contributed by atoms with van der Waals surface area (Å²) in [7, 11) is 1.71. The number of aryl methyl sites for hydroxylation is 3. The summed E-state index contributed by atoms with van der Waals surface area (Å²) in [5.74, 6) is 0.937. The van der Waals surface area contributed by atoms with Crippen LogP contribution in [0.15, 0.2) is 48.5 Å². The number of hydrogen-bond acceptors (Lipinski definition) is 1. The van der Waals surface area contributed by atoms with Crippen molar-refractivity contribution in [1.29, 1.82) is 0 Å². The van der Waals surface area contributed by atoms with Crippen molar-refractivity contribution in [3.8, 4) is 5.75 Å². The fourth-order valence-corrected chi connectivity index (χ4v) is 2.00. The van der Waals surface area contributed by atoms with Crippen LogP contribution in [-0.4, -0.2) is 7.11 Å². The van der Waals surface area contributed by atoms with Gasteiger partial charge >= 0.3 is 0 Å². The largest absolute Gasteiger partial charge is 0.497 e. The highest BCUT2D eigenvalue weighted by atomic mass is 16.5. The van der Waals surface area contributed by atoms with Gasteiger partial charge < -0.3 is 4.74 Å². The van der Waals surface area contributed by atoms with Crippen LogP contribution in [0.2, 0.25) is 0 Å². The zero-order chi connectivity index (χ0) is 12.1. The first-order valence-corrected chi connectivity index (χ1v) is 5.97. The van der Waals surface area contributed by atoms with Gasteiger partial charge in [-0.25, -0.2) is 0 Å². The van der Waals surface area contributed by atoms with Crippen LogP contribution in [0.4, 0.5) is 0 Å². The van der Waals surface area contributed by atoms with Crippen LogP contribution >= 0.6 is 0 Å². The molecule has 0 aliphatic rings. The molecule has 2 rings (SSSR count). The molecule has 0 aliphatic heterocycles. The number of benzene rings is 2. The molecule has 0 N–H and O–H groups in total. The van der Waals surface area contributed by atoms with Crippen LogP contribution in [0.5, 0.6) is 5.75 Å². The minimum absolute atomic E-state index is 0.937. The summed E-state index contributed by atoms with van der Waals surface area (Å²) in [6.07, 6.45) is 2.14. The second kappa shape index (κ2) is 5.53. The van der Waals surface area contributed by atoms with E-state index in [1.54, 1.807) is 7.11 Å². The fourth-order valence-electron chi connectivity index (χ4n) is 2.00. The van der Waals surface area contributed by atoms with Crippen LogP contribution in [-0.2, 0) is 12.8 Å². The zero-order valence-electron chi connectivity index (χ0n) is 10.4. The second-order valence-corrected chi connectivity index (χ2v) is 4.28. The third-order valence-electron chi connectivity index (χ3n) is 3.08. The van der Waals surface area contributed by atoms with E-state index in [0.29, 0.717) is 0 Å². The van der Waals surface area contributed by atoms with E-state index in [2.05, 4.69) is 43.3 Å². The van der Waals surface area contributed by atoms with E-state index in [9.17, 15) is 0 Å². The van der Waals surface area contributed by atoms with Gasteiger partial charge in [-0.05, 0) is 48.6 Å². The van der Waals surface area contributed by atoms with Crippen molar-refractivity contribution in [2.24, 2.45) is 0 Å². The SMILES string of the molecule is COc1cccc(CCc2ccccc2C)c1. The molecular formula is C16H18O. The van der Waals surface area contributed by atoms with Crippen LogP contribution in [0.25, 0.3) is 0 Å². The first-order valence-electron chi connectivity index (χ1n) is 5.97. The van der Waals surface area contributed by atoms with Crippen molar-refractivity contribution in [3.05, 3.63) is 65.2 Å². The lowest BCUT2D eigenvalue weighted by atomic mass is 10.0. The molecule has 0 unspecified atom stereocenters. The molecule has 0 radical (unpaired) electrons. The molecule has 0 aromatic heterocycles. The number of rotatable bonds is 4. The molecule has 0 atom stereocenters. The molecule has 88 valence electrons. The van der Waals surface area contributed by atoms with Gasteiger partial charge in [-0.1, -0.05) is 36.4 Å². The molecule has 0 spiro atoms. The van der Waals surface area contributed by atoms with E-state index in [-0.39, 0.29) is 0 Å². The molecule has 2 aromatic carbocycles. The standard InChI is InChI=1S/C16H18O/c1-13-6-3-4-8-15(13)11-10-14-7-5-9-16(12-14)17-2/h3-9,12H,10-11H2,1-2H3. The average Bonchev–Trinajstić information content (AvgIpc) is 2.38. The first-order chi connectivity index (χ1) is 8.29. The van der Waals surface area contributed by atoms with Gasteiger partial charge in [-0.2, -0.15) is 0 Å². The first kappa shape index (κ1) is 11.7. The Labute approximate surface area is 103 Å². The molecule has 0 heterocycles. The van der Waals surface area contributed by atoms with Crippen LogP contribution in [0, 0.1) is 6.92 Å². The van der Waals surface area contributed by atoms with Gasteiger partial charge in [0.15, 0.2) is 0 Å². The summed E-state index contributed by atoms with van der Waals surface area (Å²) >= 11 is 0. The van der Waals surface area contributed by atoms with Crippen LogP contribution < -0.4 is 4.74 Å². The van der Waals surface area contributed by atoms with Crippen molar-refractivity contribution in [2.75, 3.05) is 7.11 Å². The average molecular weight is 226 g/mol. The number of ether oxygens (including phenoxy) is 1. The van der Waals surface area contributed by atoms with Crippen molar-refractivity contribution in [1.82, 2.24) is 0 Å². The molecule has 2 aromatic rings. The van der Waals surface area contributed by atoms with Gasteiger partial charge in [0.25, 0.3) is 0 Å². The Balaban J connectivity index is 2.05. The molecule has 1 heteroatoms. The Kier molecular flexibility index (Phi) is 3.81. The highest BCUT2D eigenvalue weighted by Crippen LogP contribution is 2.16. The predicted octanol–water partition coefficient (Wildman–Crippen LogP) is 3.79. The lowest BCUT2D eigenvalue weighted by molar-refractivity contribution is 0.414. The molecule has 17 heavy (non-hydrogen) atoms. The molecule has 1 nitrogen and oxygen atoms in total. The summed E-state index contributed by atoms with van der Waals surface area (Å²) in [6, 6.07) is 16.9. The van der Waals surface area contributed by atoms with Crippen molar-refractivity contribution >= 4 is 0 Å². The van der Waals surface area contributed by atoms with Crippen LogP contribution in [0.3, 0.4) is 0 Å². The normalized spacial score (nSPS) is 10.2. The maximum atomic E-state index is 5.23. The maximum absolute atomic E-state index is 5.23. The van der Waals surface area contributed by atoms with E-state index < -0.39 is 0 Å². The van der Waals surface area contributed by atoms with Crippen molar-refractivity contribution in [2.45, 2.75) is 19.8 Å². The molecule has 0 fully saturated rings. The van der Waals surface area contributed by atoms with E-state index in [4.69, 9.17) is 4.74 Å². The van der Waals surface area contributed by atoms with E-state index in [0.717, 1.165) is 18.6 Å². The minimum atomic E-state index is 0.937. The zero-order valence-corrected chi connectivity index (χ0v) is 10.4. The lowest BCUT2D eigenvalue weighted by Gasteiger charge is -2.07. The van der Waals surface area contributed by atoms with E-state index in [1.807, 2.05) is 12.1 Å². The predicted molar refractivity (Wildman–Crippen MR) is 71.6 cm³/mol. The summed E-state index contributed by atoms with van der Waals surface area (Å²) in [4.78, 5) is 0. The fraction of sp³-hybridized carbons (Fsp3) is 0.250. The van der Waals surface area contributed by atoms with Gasteiger partial charge in [0.05, 0.1) is 7.11 Å². The maximum Gasteiger partial charge on any atom is 0.119 e. The minimum Gasteiger partial charge on any atom is -0.497 e. The Hall–Kier alpha value is -1.76. The molecule has 0 saturated heterocycles. The van der Waals surface area contributed by atoms with E-state index >= 15 is 0 Å². The third kappa shape index (κ3) is 3.10. The van der Waals surface area contributed by atoms with Crippen molar-refractivity contribution < 1.29 is 4.74 Å². The van der Waals surface area contributed by atoms with Gasteiger partial charge in [0.2, 0.25) is 0 Å². The Morgan fingerprint density at radius 3 is 2.53 bits per heavy atom. The summed E-state index contributed by atoms with van der Waals surface area (Å²) in [6.45, 7) is 2.17. The molecule has 0 saturated carbocycles.